The Bertz CT molecular complexity index is 1120. The van der Waals surface area contributed by atoms with Crippen molar-refractivity contribution < 1.29 is 19.2 Å². The first-order valence-electron chi connectivity index (χ1n) is 10.1. The van der Waals surface area contributed by atoms with Gasteiger partial charge in [0.1, 0.15) is 17.4 Å². The van der Waals surface area contributed by atoms with E-state index in [2.05, 4.69) is 10.3 Å². The number of nitrogens with zero attached hydrogens (tertiary/aromatic N) is 3. The molecule has 3 aromatic rings. The van der Waals surface area contributed by atoms with Gasteiger partial charge < -0.3 is 14.4 Å². The molecule has 1 aromatic carbocycles. The number of carbonyl (C=O) groups excluding carboxylic acids is 1. The summed E-state index contributed by atoms with van der Waals surface area (Å²) >= 11 is 6.36. The van der Waals surface area contributed by atoms with E-state index in [-0.39, 0.29) is 17.7 Å². The van der Waals surface area contributed by atoms with Crippen molar-refractivity contribution in [1.82, 2.24) is 14.9 Å². The van der Waals surface area contributed by atoms with Crippen LogP contribution in [0.15, 0.2) is 35.0 Å². The average Bonchev–Trinajstić information content (AvgIpc) is 3.25. The Hall–Kier alpha value is -2.64. The first-order valence-corrected chi connectivity index (χ1v) is 10.4. The lowest BCUT2D eigenvalue weighted by molar-refractivity contribution is -0.0548. The number of esters is 1. The molecule has 2 aliphatic carbocycles. The second-order valence-corrected chi connectivity index (χ2v) is 8.87. The minimum Gasteiger partial charge on any atom is -0.459 e. The maximum Gasteiger partial charge on any atom is 0.344 e. The van der Waals surface area contributed by atoms with E-state index in [1.54, 1.807) is 18.3 Å². The number of aromatic nitrogens is 3. The van der Waals surface area contributed by atoms with Crippen LogP contribution >= 0.6 is 11.6 Å². The molecule has 0 radical (unpaired) electrons. The van der Waals surface area contributed by atoms with Gasteiger partial charge in [-0.25, -0.2) is 4.79 Å². The quantitative estimate of drug-likeness (QED) is 0.599. The van der Waals surface area contributed by atoms with E-state index < -0.39 is 11.6 Å². The fourth-order valence-electron chi connectivity index (χ4n) is 4.04. The third kappa shape index (κ3) is 3.32. The van der Waals surface area contributed by atoms with Gasteiger partial charge in [-0.1, -0.05) is 35.0 Å². The molecule has 2 aliphatic rings. The lowest BCUT2D eigenvalue weighted by Gasteiger charge is -2.41. The van der Waals surface area contributed by atoms with Gasteiger partial charge in [-0.05, 0) is 45.6 Å². The molecular formula is C22H22ClN3O4. The molecule has 0 atom stereocenters. The third-order valence-corrected chi connectivity index (χ3v) is 6.14. The Morgan fingerprint density at radius 3 is 2.70 bits per heavy atom. The van der Waals surface area contributed by atoms with Crippen LogP contribution in [0.25, 0.3) is 22.6 Å². The van der Waals surface area contributed by atoms with Crippen LogP contribution in [-0.2, 0) is 4.74 Å². The van der Waals surface area contributed by atoms with E-state index in [1.807, 2.05) is 30.7 Å². The smallest absolute Gasteiger partial charge is 0.344 e. The molecule has 156 valence electrons. The lowest BCUT2D eigenvalue weighted by atomic mass is 9.77. The third-order valence-electron chi connectivity index (χ3n) is 5.81. The van der Waals surface area contributed by atoms with Gasteiger partial charge in [0, 0.05) is 11.3 Å². The van der Waals surface area contributed by atoms with Gasteiger partial charge in [-0.15, -0.1) is 0 Å². The highest BCUT2D eigenvalue weighted by Crippen LogP contribution is 2.43. The molecule has 5 rings (SSSR count). The first-order chi connectivity index (χ1) is 14.3. The number of ether oxygens (including phenoxy) is 1. The number of halogens is 1. The molecule has 1 N–H and O–H groups in total. The molecule has 0 amide bonds. The van der Waals surface area contributed by atoms with Crippen LogP contribution in [0.2, 0.25) is 5.02 Å². The summed E-state index contributed by atoms with van der Waals surface area (Å²) in [5.74, 6) is -0.146. The number of hydrogen-bond donors (Lipinski definition) is 1. The van der Waals surface area contributed by atoms with Crippen LogP contribution in [-0.4, -0.2) is 37.7 Å². The molecule has 2 fully saturated rings. The van der Waals surface area contributed by atoms with Crippen molar-refractivity contribution in [3.8, 4) is 22.6 Å². The minimum absolute atomic E-state index is 0.0552. The summed E-state index contributed by atoms with van der Waals surface area (Å²) in [4.78, 5) is 13.0. The van der Waals surface area contributed by atoms with Crippen molar-refractivity contribution in [2.24, 2.45) is 0 Å². The topological polar surface area (TPSA) is 90.4 Å². The van der Waals surface area contributed by atoms with Crippen LogP contribution < -0.4 is 0 Å². The predicted molar refractivity (Wildman–Crippen MR) is 110 cm³/mol. The second kappa shape index (κ2) is 6.96. The Balaban J connectivity index is 1.58. The summed E-state index contributed by atoms with van der Waals surface area (Å²) in [7, 11) is 0. The van der Waals surface area contributed by atoms with Gasteiger partial charge in [0.2, 0.25) is 0 Å². The standard InChI is InChI=1S/C22H22ClN3O4/c1-12-16(11-24-26(12)13-9-22(2,28)10-13)20-18(21(27)29-14-7-8-14)19(25-30-20)15-5-3-4-6-17(15)23/h3-6,11,13-14,28H,7-10H2,1-2H3/t13-,22-. The van der Waals surface area contributed by atoms with E-state index in [0.29, 0.717) is 40.4 Å². The van der Waals surface area contributed by atoms with Crippen molar-refractivity contribution >= 4 is 17.6 Å². The SMILES string of the molecule is Cc1c(-c2onc(-c3ccccc3Cl)c2C(=O)OC2CC2)cnn1[C@H]1C[C@](C)(O)C1. The lowest BCUT2D eigenvalue weighted by Crippen LogP contribution is -2.42. The largest absolute Gasteiger partial charge is 0.459 e. The summed E-state index contributed by atoms with van der Waals surface area (Å²) < 4.78 is 13.1. The fraction of sp³-hybridized carbons (Fsp3) is 0.409. The highest BCUT2D eigenvalue weighted by Gasteiger charge is 2.41. The van der Waals surface area contributed by atoms with Crippen molar-refractivity contribution in [2.45, 2.75) is 57.3 Å². The van der Waals surface area contributed by atoms with Crippen molar-refractivity contribution in [3.05, 3.63) is 46.7 Å². The van der Waals surface area contributed by atoms with E-state index >= 15 is 0 Å². The van der Waals surface area contributed by atoms with Crippen molar-refractivity contribution in [2.75, 3.05) is 0 Å². The Labute approximate surface area is 178 Å². The van der Waals surface area contributed by atoms with Gasteiger partial charge in [0.15, 0.2) is 5.76 Å². The number of aliphatic hydroxyl groups is 1. The zero-order valence-electron chi connectivity index (χ0n) is 16.8. The Morgan fingerprint density at radius 1 is 1.30 bits per heavy atom. The Morgan fingerprint density at radius 2 is 2.03 bits per heavy atom. The van der Waals surface area contributed by atoms with Gasteiger partial charge in [-0.3, -0.25) is 4.68 Å². The highest BCUT2D eigenvalue weighted by molar-refractivity contribution is 6.33. The minimum atomic E-state index is -0.661. The summed E-state index contributed by atoms with van der Waals surface area (Å²) in [6.45, 7) is 3.74. The van der Waals surface area contributed by atoms with Gasteiger partial charge in [0.05, 0.1) is 28.4 Å². The van der Waals surface area contributed by atoms with Gasteiger partial charge in [-0.2, -0.15) is 5.10 Å². The van der Waals surface area contributed by atoms with Crippen molar-refractivity contribution in [1.29, 1.82) is 0 Å². The summed E-state index contributed by atoms with van der Waals surface area (Å²) in [5.41, 5.74) is 2.09. The summed E-state index contributed by atoms with van der Waals surface area (Å²) in [5, 5.41) is 19.2. The van der Waals surface area contributed by atoms with Crippen LogP contribution in [0.1, 0.15) is 54.7 Å². The number of benzene rings is 1. The molecule has 0 spiro atoms. The molecule has 0 saturated heterocycles. The molecule has 30 heavy (non-hydrogen) atoms. The van der Waals surface area contributed by atoms with Gasteiger partial charge in [0.25, 0.3) is 0 Å². The number of hydrogen-bond acceptors (Lipinski definition) is 6. The maximum atomic E-state index is 13.0. The number of rotatable bonds is 5. The van der Waals surface area contributed by atoms with E-state index in [4.69, 9.17) is 20.9 Å². The number of carbonyl (C=O) groups is 1. The molecule has 0 bridgehead atoms. The van der Waals surface area contributed by atoms with Crippen molar-refractivity contribution in [3.63, 3.8) is 0 Å². The van der Waals surface area contributed by atoms with E-state index in [0.717, 1.165) is 18.5 Å². The summed E-state index contributed by atoms with van der Waals surface area (Å²) in [6, 6.07) is 7.30. The van der Waals surface area contributed by atoms with Crippen LogP contribution in [0.3, 0.4) is 0 Å². The molecule has 2 heterocycles. The zero-order chi connectivity index (χ0) is 21.0. The molecule has 2 aromatic heterocycles. The summed E-state index contributed by atoms with van der Waals surface area (Å²) in [6.07, 6.45) is 4.62. The van der Waals surface area contributed by atoms with Crippen LogP contribution in [0.5, 0.6) is 0 Å². The molecule has 7 nitrogen and oxygen atoms in total. The Kier molecular flexibility index (Phi) is 4.48. The zero-order valence-corrected chi connectivity index (χ0v) is 17.5. The molecule has 0 unspecified atom stereocenters. The average molecular weight is 428 g/mol. The monoisotopic (exact) mass is 427 g/mol. The molecule has 8 heteroatoms. The van der Waals surface area contributed by atoms with Gasteiger partial charge >= 0.3 is 5.97 Å². The second-order valence-electron chi connectivity index (χ2n) is 8.47. The van der Waals surface area contributed by atoms with Crippen LogP contribution in [0.4, 0.5) is 0 Å². The van der Waals surface area contributed by atoms with E-state index in [9.17, 15) is 9.90 Å². The van der Waals surface area contributed by atoms with Crippen LogP contribution in [0, 0.1) is 6.92 Å². The molecular weight excluding hydrogens is 406 g/mol. The fourth-order valence-corrected chi connectivity index (χ4v) is 4.26. The predicted octanol–water partition coefficient (Wildman–Crippen LogP) is 4.57. The highest BCUT2D eigenvalue weighted by atomic mass is 35.5. The maximum absolute atomic E-state index is 13.0. The van der Waals surface area contributed by atoms with E-state index in [1.165, 1.54) is 0 Å². The molecule has 0 aliphatic heterocycles. The normalized spacial score (nSPS) is 23.3. The first kappa shape index (κ1) is 19.3. The molecule has 2 saturated carbocycles.